The van der Waals surface area contributed by atoms with Crippen LogP contribution >= 0.6 is 0 Å². The van der Waals surface area contributed by atoms with Crippen LogP contribution in [-0.2, 0) is 6.42 Å². The maximum absolute atomic E-state index is 12.8. The van der Waals surface area contributed by atoms with E-state index in [1.54, 1.807) is 26.4 Å². The first-order valence-electron chi connectivity index (χ1n) is 9.25. The highest BCUT2D eigenvalue weighted by Crippen LogP contribution is 2.27. The Morgan fingerprint density at radius 1 is 1.04 bits per heavy atom. The molecule has 0 saturated carbocycles. The van der Waals surface area contributed by atoms with Gasteiger partial charge in [-0.15, -0.1) is 0 Å². The summed E-state index contributed by atoms with van der Waals surface area (Å²) < 4.78 is 28.9. The summed E-state index contributed by atoms with van der Waals surface area (Å²) in [5.41, 5.74) is 7.01. The second kappa shape index (κ2) is 11.7. The lowest BCUT2D eigenvalue weighted by Crippen LogP contribution is -2.33. The fourth-order valence-corrected chi connectivity index (χ4v) is 2.56. The van der Waals surface area contributed by atoms with Crippen LogP contribution < -0.4 is 25.3 Å². The van der Waals surface area contributed by atoms with E-state index in [9.17, 15) is 4.39 Å². The van der Waals surface area contributed by atoms with Gasteiger partial charge in [0.1, 0.15) is 11.6 Å². The highest BCUT2D eigenvalue weighted by molar-refractivity contribution is 5.77. The lowest BCUT2D eigenvalue weighted by atomic mass is 10.1. The van der Waals surface area contributed by atoms with Gasteiger partial charge in [0.2, 0.25) is 0 Å². The zero-order valence-corrected chi connectivity index (χ0v) is 16.4. The number of unbranched alkanes of at least 4 members (excludes halogenated alkanes) is 1. The first kappa shape index (κ1) is 21.3. The molecule has 0 unspecified atom stereocenters. The van der Waals surface area contributed by atoms with Gasteiger partial charge in [-0.2, -0.15) is 0 Å². The number of ether oxygens (including phenoxy) is 3. The third kappa shape index (κ3) is 7.34. The molecule has 0 spiro atoms. The zero-order valence-electron chi connectivity index (χ0n) is 16.4. The number of benzene rings is 2. The lowest BCUT2D eigenvalue weighted by Gasteiger charge is -2.10. The molecule has 0 aliphatic carbocycles. The van der Waals surface area contributed by atoms with Crippen LogP contribution in [0.25, 0.3) is 0 Å². The van der Waals surface area contributed by atoms with Crippen LogP contribution in [0, 0.1) is 5.82 Å². The minimum Gasteiger partial charge on any atom is -0.494 e. The molecular weight excluding hydrogens is 361 g/mol. The Bertz CT molecular complexity index is 751. The summed E-state index contributed by atoms with van der Waals surface area (Å²) in [6, 6.07) is 11.8. The number of nitrogens with one attached hydrogen (secondary N) is 1. The van der Waals surface area contributed by atoms with Crippen molar-refractivity contribution in [3.05, 3.63) is 53.8 Å². The molecule has 0 bridgehead atoms. The molecule has 0 saturated heterocycles. The smallest absolute Gasteiger partial charge is 0.188 e. The monoisotopic (exact) mass is 389 g/mol. The molecule has 0 amide bonds. The summed E-state index contributed by atoms with van der Waals surface area (Å²) in [5, 5.41) is 3.11. The molecule has 0 fully saturated rings. The van der Waals surface area contributed by atoms with Crippen LogP contribution in [0.4, 0.5) is 4.39 Å². The lowest BCUT2D eigenvalue weighted by molar-refractivity contribution is 0.307. The van der Waals surface area contributed by atoms with E-state index >= 15 is 0 Å². The molecule has 152 valence electrons. The van der Waals surface area contributed by atoms with E-state index < -0.39 is 0 Å². The molecule has 0 aliphatic heterocycles. The van der Waals surface area contributed by atoms with E-state index in [4.69, 9.17) is 19.9 Å². The van der Waals surface area contributed by atoms with Gasteiger partial charge < -0.3 is 25.3 Å². The number of nitrogens with two attached hydrogens (primary N) is 1. The minimum atomic E-state index is -0.268. The summed E-state index contributed by atoms with van der Waals surface area (Å²) in [6.07, 6.45) is 2.50. The van der Waals surface area contributed by atoms with Gasteiger partial charge in [0.25, 0.3) is 0 Å². The van der Waals surface area contributed by atoms with E-state index in [-0.39, 0.29) is 5.82 Å². The number of methoxy groups -OCH3 is 2. The van der Waals surface area contributed by atoms with E-state index in [1.165, 1.54) is 12.1 Å². The third-order valence-corrected chi connectivity index (χ3v) is 4.08. The van der Waals surface area contributed by atoms with Crippen LogP contribution in [0.3, 0.4) is 0 Å². The first-order chi connectivity index (χ1) is 13.6. The number of halogens is 1. The van der Waals surface area contributed by atoms with Gasteiger partial charge in [-0.3, -0.25) is 4.99 Å². The molecule has 0 aliphatic rings. The predicted molar refractivity (Wildman–Crippen MR) is 109 cm³/mol. The van der Waals surface area contributed by atoms with Crippen molar-refractivity contribution in [2.45, 2.75) is 19.3 Å². The summed E-state index contributed by atoms with van der Waals surface area (Å²) in [5.74, 6) is 2.25. The van der Waals surface area contributed by atoms with Crippen molar-refractivity contribution >= 4 is 5.96 Å². The quantitative estimate of drug-likeness (QED) is 0.351. The van der Waals surface area contributed by atoms with Crippen LogP contribution in [0.1, 0.15) is 18.4 Å². The standard InChI is InChI=1S/C21H28FN3O3/c1-26-19-10-5-16(15-20(19)27-2)11-13-25-21(23)24-12-3-4-14-28-18-8-6-17(22)7-9-18/h5-10,15H,3-4,11-14H2,1-2H3,(H3,23,24,25). The predicted octanol–water partition coefficient (Wildman–Crippen LogP) is 3.15. The molecule has 0 aromatic heterocycles. The van der Waals surface area contributed by atoms with Crippen molar-refractivity contribution in [1.82, 2.24) is 5.32 Å². The molecule has 7 heteroatoms. The Hall–Kier alpha value is -2.96. The summed E-state index contributed by atoms with van der Waals surface area (Å²) in [6.45, 7) is 1.87. The Labute approximate surface area is 165 Å². The van der Waals surface area contributed by atoms with Gasteiger partial charge >= 0.3 is 0 Å². The Morgan fingerprint density at radius 2 is 1.79 bits per heavy atom. The van der Waals surface area contributed by atoms with Crippen molar-refractivity contribution < 1.29 is 18.6 Å². The van der Waals surface area contributed by atoms with Crippen molar-refractivity contribution in [2.24, 2.45) is 10.7 Å². The van der Waals surface area contributed by atoms with Crippen molar-refractivity contribution in [1.29, 1.82) is 0 Å². The largest absolute Gasteiger partial charge is 0.494 e. The Balaban J connectivity index is 1.60. The maximum Gasteiger partial charge on any atom is 0.188 e. The van der Waals surface area contributed by atoms with Gasteiger partial charge in [-0.25, -0.2) is 4.39 Å². The maximum atomic E-state index is 12.8. The van der Waals surface area contributed by atoms with Gasteiger partial charge in [0.05, 0.1) is 20.8 Å². The molecule has 0 radical (unpaired) electrons. The summed E-state index contributed by atoms with van der Waals surface area (Å²) in [4.78, 5) is 4.31. The SMILES string of the molecule is COc1ccc(CCNC(N)=NCCCCOc2ccc(F)cc2)cc1OC. The van der Waals surface area contributed by atoms with E-state index in [0.717, 1.165) is 24.8 Å². The highest BCUT2D eigenvalue weighted by atomic mass is 19.1. The van der Waals surface area contributed by atoms with E-state index in [0.29, 0.717) is 42.9 Å². The molecule has 28 heavy (non-hydrogen) atoms. The normalized spacial score (nSPS) is 11.2. The van der Waals surface area contributed by atoms with Crippen LogP contribution in [-0.4, -0.2) is 39.9 Å². The number of aliphatic imine (C=N–C) groups is 1. The van der Waals surface area contributed by atoms with E-state index in [2.05, 4.69) is 10.3 Å². The van der Waals surface area contributed by atoms with Gasteiger partial charge in [-0.05, 0) is 61.2 Å². The molecule has 2 rings (SSSR count). The molecule has 6 nitrogen and oxygen atoms in total. The van der Waals surface area contributed by atoms with Crippen LogP contribution in [0.15, 0.2) is 47.5 Å². The van der Waals surface area contributed by atoms with Crippen molar-refractivity contribution in [2.75, 3.05) is 33.9 Å². The number of hydrogen-bond donors (Lipinski definition) is 2. The zero-order chi connectivity index (χ0) is 20.2. The summed E-state index contributed by atoms with van der Waals surface area (Å²) >= 11 is 0. The highest BCUT2D eigenvalue weighted by Gasteiger charge is 2.04. The molecule has 0 heterocycles. The Morgan fingerprint density at radius 3 is 2.50 bits per heavy atom. The topological polar surface area (TPSA) is 78.1 Å². The fourth-order valence-electron chi connectivity index (χ4n) is 2.56. The summed E-state index contributed by atoms with van der Waals surface area (Å²) in [7, 11) is 3.24. The number of hydrogen-bond acceptors (Lipinski definition) is 4. The average molecular weight is 389 g/mol. The molecule has 2 aromatic carbocycles. The number of rotatable bonds is 11. The van der Waals surface area contributed by atoms with E-state index in [1.807, 2.05) is 18.2 Å². The number of nitrogens with zero attached hydrogens (tertiary/aromatic N) is 1. The Kier molecular flexibility index (Phi) is 8.91. The second-order valence-corrected chi connectivity index (χ2v) is 6.14. The van der Waals surface area contributed by atoms with Crippen LogP contribution in [0.5, 0.6) is 17.2 Å². The van der Waals surface area contributed by atoms with Gasteiger partial charge in [-0.1, -0.05) is 6.07 Å². The average Bonchev–Trinajstić information content (AvgIpc) is 2.71. The molecular formula is C21H28FN3O3. The van der Waals surface area contributed by atoms with Crippen molar-refractivity contribution in [3.8, 4) is 17.2 Å². The van der Waals surface area contributed by atoms with Gasteiger partial charge in [0, 0.05) is 13.1 Å². The molecule has 0 atom stereocenters. The third-order valence-electron chi connectivity index (χ3n) is 4.08. The van der Waals surface area contributed by atoms with Gasteiger partial charge in [0.15, 0.2) is 17.5 Å². The van der Waals surface area contributed by atoms with Crippen LogP contribution in [0.2, 0.25) is 0 Å². The van der Waals surface area contributed by atoms with Crippen molar-refractivity contribution in [3.63, 3.8) is 0 Å². The molecule has 3 N–H and O–H groups in total. The minimum absolute atomic E-state index is 0.268. The fraction of sp³-hybridized carbons (Fsp3) is 0.381. The second-order valence-electron chi connectivity index (χ2n) is 6.14. The first-order valence-corrected chi connectivity index (χ1v) is 9.25. The molecule has 2 aromatic rings. The number of guanidine groups is 1.